The first kappa shape index (κ1) is 43.0. The number of nitrogens with zero attached hydrogens (tertiary/aromatic N) is 4. The van der Waals surface area contributed by atoms with E-state index in [1.807, 2.05) is 47.4 Å². The van der Waals surface area contributed by atoms with E-state index in [9.17, 15) is 9.59 Å². The highest BCUT2D eigenvalue weighted by molar-refractivity contribution is 5.98. The van der Waals surface area contributed by atoms with E-state index in [1.165, 1.54) is 32.4 Å². The zero-order chi connectivity index (χ0) is 29.4. The average Bonchev–Trinajstić information content (AvgIpc) is 3.29. The summed E-state index contributed by atoms with van der Waals surface area (Å²) in [6.45, 7) is 16.2. The maximum absolute atomic E-state index is 13.8. The molecule has 0 saturated carbocycles. The number of hydrogen-bond donors (Lipinski definition) is 1. The third-order valence-corrected chi connectivity index (χ3v) is 8.09. The van der Waals surface area contributed by atoms with Crippen LogP contribution in [0.1, 0.15) is 93.9 Å². The van der Waals surface area contributed by atoms with Gasteiger partial charge in [0.2, 0.25) is 5.95 Å². The number of aryl methyl sites for hydroxylation is 1. The van der Waals surface area contributed by atoms with Crippen LogP contribution in [0.2, 0.25) is 0 Å². The van der Waals surface area contributed by atoms with Crippen molar-refractivity contribution in [2.75, 3.05) is 38.0 Å². The van der Waals surface area contributed by atoms with Crippen LogP contribution < -0.4 is 5.32 Å². The number of halogens is 4. The molecule has 45 heavy (non-hydrogen) atoms. The summed E-state index contributed by atoms with van der Waals surface area (Å²) >= 11 is 0. The summed E-state index contributed by atoms with van der Waals surface area (Å²) in [5.41, 5.74) is 4.14. The van der Waals surface area contributed by atoms with Crippen molar-refractivity contribution in [1.82, 2.24) is 19.4 Å². The molecule has 0 spiro atoms. The van der Waals surface area contributed by atoms with Gasteiger partial charge in [0.1, 0.15) is 0 Å². The predicted octanol–water partition coefficient (Wildman–Crippen LogP) is 9.08. The summed E-state index contributed by atoms with van der Waals surface area (Å²) in [5.74, 6) is 2.01. The van der Waals surface area contributed by atoms with Crippen LogP contribution in [0.4, 0.5) is 11.6 Å². The lowest BCUT2D eigenvalue weighted by Crippen LogP contribution is -2.34. The molecule has 1 aromatic heterocycles. The fraction of sp³-hybridized carbons (Fsp3) is 0.559. The number of Topliss-reactive ketones (excluding diaryl/α,β-unsaturated/α-hetero) is 1. The highest BCUT2D eigenvalue weighted by atomic mass is 35.5. The normalized spacial score (nSPS) is 13.0. The number of likely N-dealkylation sites (tertiary alicyclic amines) is 1. The number of fused-ring (bicyclic) bond motifs is 1. The first-order valence-corrected chi connectivity index (χ1v) is 15.6. The van der Waals surface area contributed by atoms with Gasteiger partial charge >= 0.3 is 0 Å². The Bertz CT molecular complexity index is 1300. The van der Waals surface area contributed by atoms with Gasteiger partial charge in [-0.3, -0.25) is 9.59 Å². The minimum absolute atomic E-state index is 0. The SMILES string of the molecule is CC(=O)c1ccc(Nc2nc3ccc(C(=O)N(CCC(C)C)CCC(C)C)cc3n2CCCN2CCCCC2)cc1.Cl.Cl.Cl.Cl. The van der Waals surface area contributed by atoms with E-state index in [-0.39, 0.29) is 61.3 Å². The standard InChI is InChI=1S/C34H49N5O2.4ClH/c1-25(2)16-22-38(23-17-26(3)4)33(41)29-12-15-31-32(24-29)39(21-9-20-37-18-7-6-8-19-37)34(36-31)35-30-13-10-28(11-14-30)27(5)40;;;;/h10-15,24-26H,6-9,16-23H2,1-5H3,(H,35,36);4*1H. The molecule has 3 aromatic rings. The minimum Gasteiger partial charge on any atom is -0.339 e. The van der Waals surface area contributed by atoms with Gasteiger partial charge in [-0.25, -0.2) is 4.98 Å². The molecule has 11 heteroatoms. The molecule has 1 aliphatic rings. The molecule has 4 rings (SSSR count). The van der Waals surface area contributed by atoms with Gasteiger partial charge in [0.25, 0.3) is 5.91 Å². The molecule has 254 valence electrons. The van der Waals surface area contributed by atoms with E-state index in [2.05, 4.69) is 42.5 Å². The molecule has 0 bridgehead atoms. The van der Waals surface area contributed by atoms with Gasteiger partial charge in [0, 0.05) is 36.4 Å². The molecule has 2 heterocycles. The smallest absolute Gasteiger partial charge is 0.253 e. The zero-order valence-corrected chi connectivity index (χ0v) is 30.7. The van der Waals surface area contributed by atoms with Crippen LogP contribution >= 0.6 is 49.6 Å². The molecule has 1 fully saturated rings. The van der Waals surface area contributed by atoms with Gasteiger partial charge in [0.05, 0.1) is 11.0 Å². The predicted molar refractivity (Wildman–Crippen MR) is 198 cm³/mol. The lowest BCUT2D eigenvalue weighted by Gasteiger charge is -2.26. The summed E-state index contributed by atoms with van der Waals surface area (Å²) < 4.78 is 2.22. The van der Waals surface area contributed by atoms with Crippen molar-refractivity contribution in [3.05, 3.63) is 53.6 Å². The van der Waals surface area contributed by atoms with Crippen LogP contribution in [0, 0.1) is 11.8 Å². The average molecular weight is 706 g/mol. The number of aromatic nitrogens is 2. The third-order valence-electron chi connectivity index (χ3n) is 8.09. The van der Waals surface area contributed by atoms with E-state index in [0.29, 0.717) is 17.4 Å². The number of amides is 1. The van der Waals surface area contributed by atoms with Crippen LogP contribution in [0.5, 0.6) is 0 Å². The maximum Gasteiger partial charge on any atom is 0.253 e. The molecule has 1 aliphatic heterocycles. The number of carbonyl (C=O) groups excluding carboxylic acids is 2. The van der Waals surface area contributed by atoms with Gasteiger partial charge in [-0.2, -0.15) is 0 Å². The highest BCUT2D eigenvalue weighted by Gasteiger charge is 2.20. The lowest BCUT2D eigenvalue weighted by atomic mass is 10.1. The Morgan fingerprint density at radius 3 is 1.96 bits per heavy atom. The first-order chi connectivity index (χ1) is 19.7. The second-order valence-electron chi connectivity index (χ2n) is 12.5. The monoisotopic (exact) mass is 703 g/mol. The van der Waals surface area contributed by atoms with Gasteiger partial charge in [-0.15, -0.1) is 49.6 Å². The number of ketones is 1. The lowest BCUT2D eigenvalue weighted by molar-refractivity contribution is 0.0740. The summed E-state index contributed by atoms with van der Waals surface area (Å²) in [5, 5.41) is 3.49. The number of nitrogens with one attached hydrogen (secondary N) is 1. The topological polar surface area (TPSA) is 70.5 Å². The Hall–Kier alpha value is -2.03. The number of anilines is 2. The minimum atomic E-state index is 0. The summed E-state index contributed by atoms with van der Waals surface area (Å²) in [4.78, 5) is 35.1. The zero-order valence-electron chi connectivity index (χ0n) is 27.4. The number of piperidine rings is 1. The van der Waals surface area contributed by atoms with Gasteiger partial charge in [-0.1, -0.05) is 34.1 Å². The van der Waals surface area contributed by atoms with Crippen molar-refractivity contribution < 1.29 is 9.59 Å². The Morgan fingerprint density at radius 2 is 1.40 bits per heavy atom. The van der Waals surface area contributed by atoms with Crippen molar-refractivity contribution in [3.8, 4) is 0 Å². The van der Waals surface area contributed by atoms with Crippen LogP contribution in [-0.4, -0.2) is 63.8 Å². The van der Waals surface area contributed by atoms with Crippen molar-refractivity contribution in [1.29, 1.82) is 0 Å². The molecule has 1 saturated heterocycles. The van der Waals surface area contributed by atoms with Gasteiger partial charge < -0.3 is 19.7 Å². The van der Waals surface area contributed by atoms with Crippen molar-refractivity contribution in [3.63, 3.8) is 0 Å². The molecular weight excluding hydrogens is 652 g/mol. The fourth-order valence-electron chi connectivity index (χ4n) is 5.46. The summed E-state index contributed by atoms with van der Waals surface area (Å²) in [6.07, 6.45) is 6.91. The largest absolute Gasteiger partial charge is 0.339 e. The first-order valence-electron chi connectivity index (χ1n) is 15.6. The Balaban J connectivity index is 0.00000484. The second-order valence-corrected chi connectivity index (χ2v) is 12.5. The summed E-state index contributed by atoms with van der Waals surface area (Å²) in [7, 11) is 0. The summed E-state index contributed by atoms with van der Waals surface area (Å²) in [6, 6.07) is 13.5. The Morgan fingerprint density at radius 1 is 0.822 bits per heavy atom. The van der Waals surface area contributed by atoms with Gasteiger partial charge in [0.15, 0.2) is 5.78 Å². The highest BCUT2D eigenvalue weighted by Crippen LogP contribution is 2.26. The van der Waals surface area contributed by atoms with E-state index in [4.69, 9.17) is 4.98 Å². The molecule has 7 nitrogen and oxygen atoms in total. The molecule has 0 radical (unpaired) electrons. The molecular formula is C34H53Cl4N5O2. The number of carbonyl (C=O) groups is 2. The molecule has 1 N–H and O–H groups in total. The number of imidazole rings is 1. The van der Waals surface area contributed by atoms with Crippen molar-refractivity contribution >= 4 is 84.0 Å². The number of hydrogen-bond acceptors (Lipinski definition) is 5. The maximum atomic E-state index is 13.8. The number of rotatable bonds is 14. The Kier molecular flexibility index (Phi) is 20.0. The van der Waals surface area contributed by atoms with E-state index in [0.717, 1.165) is 73.7 Å². The third kappa shape index (κ3) is 12.6. The molecule has 1 amide bonds. The van der Waals surface area contributed by atoms with E-state index < -0.39 is 0 Å². The Labute approximate surface area is 294 Å². The second kappa shape index (κ2) is 21.0. The molecule has 0 unspecified atom stereocenters. The van der Waals surface area contributed by atoms with Crippen LogP contribution in [0.15, 0.2) is 42.5 Å². The van der Waals surface area contributed by atoms with Gasteiger partial charge in [-0.05, 0) is 113 Å². The molecule has 2 aromatic carbocycles. The van der Waals surface area contributed by atoms with Crippen LogP contribution in [0.25, 0.3) is 11.0 Å². The van der Waals surface area contributed by atoms with Crippen molar-refractivity contribution in [2.24, 2.45) is 11.8 Å². The van der Waals surface area contributed by atoms with E-state index in [1.54, 1.807) is 6.92 Å². The van der Waals surface area contributed by atoms with Crippen LogP contribution in [-0.2, 0) is 6.54 Å². The van der Waals surface area contributed by atoms with Crippen LogP contribution in [0.3, 0.4) is 0 Å². The molecule has 0 atom stereocenters. The van der Waals surface area contributed by atoms with E-state index >= 15 is 0 Å². The van der Waals surface area contributed by atoms with Crippen molar-refractivity contribution in [2.45, 2.75) is 79.7 Å². The molecule has 0 aliphatic carbocycles. The number of benzene rings is 2. The quantitative estimate of drug-likeness (QED) is 0.170. The fourth-order valence-corrected chi connectivity index (χ4v) is 5.46.